The monoisotopic (exact) mass is 305 g/mol. The fourth-order valence-corrected chi connectivity index (χ4v) is 3.06. The zero-order valence-electron chi connectivity index (χ0n) is 13.1. The van der Waals surface area contributed by atoms with Crippen LogP contribution in [0.5, 0.6) is 0 Å². The molecule has 0 bridgehead atoms. The minimum Gasteiger partial charge on any atom is -0.478 e. The number of fused-ring (bicyclic) bond motifs is 1. The van der Waals surface area contributed by atoms with Gasteiger partial charge in [-0.3, -0.25) is 0 Å². The highest BCUT2D eigenvalue weighted by molar-refractivity contribution is 6.04. The highest BCUT2D eigenvalue weighted by atomic mass is 16.4. The first-order valence-electron chi connectivity index (χ1n) is 7.64. The number of nitrogens with zero attached hydrogens (tertiary/aromatic N) is 1. The summed E-state index contributed by atoms with van der Waals surface area (Å²) in [5.74, 6) is -0.953. The van der Waals surface area contributed by atoms with E-state index in [-0.39, 0.29) is 18.8 Å². The Labute approximate surface area is 129 Å². The van der Waals surface area contributed by atoms with Crippen molar-refractivity contribution in [3.05, 3.63) is 34.5 Å². The van der Waals surface area contributed by atoms with Gasteiger partial charge in [-0.05, 0) is 49.4 Å². The molecule has 1 heterocycles. The molecule has 3 N–H and O–H groups in total. The van der Waals surface area contributed by atoms with E-state index in [1.54, 1.807) is 6.07 Å². The Morgan fingerprint density at radius 3 is 2.50 bits per heavy atom. The van der Waals surface area contributed by atoms with E-state index in [4.69, 9.17) is 5.11 Å². The highest BCUT2D eigenvalue weighted by Gasteiger charge is 2.20. The molecule has 2 rings (SSSR count). The Hall–Kier alpha value is -1.85. The normalized spacial score (nSPS) is 11.3. The minimum absolute atomic E-state index is 0.0430. The molecule has 0 spiro atoms. The van der Waals surface area contributed by atoms with Gasteiger partial charge < -0.3 is 19.9 Å². The molecule has 0 aliphatic rings. The van der Waals surface area contributed by atoms with E-state index in [2.05, 4.69) is 0 Å². The summed E-state index contributed by atoms with van der Waals surface area (Å²) in [6.45, 7) is 4.37. The van der Waals surface area contributed by atoms with Crippen LogP contribution >= 0.6 is 0 Å². The van der Waals surface area contributed by atoms with Crippen LogP contribution in [0.2, 0.25) is 0 Å². The first-order valence-corrected chi connectivity index (χ1v) is 7.64. The molecule has 0 saturated carbocycles. The molecule has 0 radical (unpaired) electrons. The largest absolute Gasteiger partial charge is 0.478 e. The van der Waals surface area contributed by atoms with Crippen molar-refractivity contribution in [2.24, 2.45) is 0 Å². The summed E-state index contributed by atoms with van der Waals surface area (Å²) in [5.41, 5.74) is 3.96. The summed E-state index contributed by atoms with van der Waals surface area (Å²) in [5, 5.41) is 28.9. The molecule has 2 aromatic rings. The van der Waals surface area contributed by atoms with Crippen LogP contribution < -0.4 is 0 Å². The van der Waals surface area contributed by atoms with Crippen molar-refractivity contribution in [1.82, 2.24) is 4.57 Å². The number of benzene rings is 1. The van der Waals surface area contributed by atoms with Gasteiger partial charge in [0.2, 0.25) is 0 Å². The van der Waals surface area contributed by atoms with E-state index in [0.717, 1.165) is 28.6 Å². The second-order valence-electron chi connectivity index (χ2n) is 5.46. The summed E-state index contributed by atoms with van der Waals surface area (Å²) < 4.78 is 1.88. The fourth-order valence-electron chi connectivity index (χ4n) is 3.06. The molecular formula is C17H23NO4. The number of carboxylic acid groups (broad SMARTS) is 1. The van der Waals surface area contributed by atoms with Gasteiger partial charge in [0.15, 0.2) is 0 Å². The first kappa shape index (κ1) is 16.5. The molecule has 22 heavy (non-hydrogen) atoms. The van der Waals surface area contributed by atoms with Crippen molar-refractivity contribution >= 4 is 16.9 Å². The van der Waals surface area contributed by atoms with Gasteiger partial charge in [0.1, 0.15) is 0 Å². The van der Waals surface area contributed by atoms with Gasteiger partial charge >= 0.3 is 5.97 Å². The van der Waals surface area contributed by atoms with E-state index in [1.807, 2.05) is 24.5 Å². The third-order valence-electron chi connectivity index (χ3n) is 4.15. The average Bonchev–Trinajstić information content (AvgIpc) is 2.77. The average molecular weight is 305 g/mol. The molecule has 0 atom stereocenters. The molecule has 1 aromatic carbocycles. The SMILES string of the molecule is CCc1cc(C(=O)O)c2c(c1)c(CCCO)c(C)n2CCO. The van der Waals surface area contributed by atoms with Gasteiger partial charge in [0.05, 0.1) is 17.7 Å². The number of carboxylic acids is 1. The molecule has 0 fully saturated rings. The van der Waals surface area contributed by atoms with Crippen molar-refractivity contribution in [2.45, 2.75) is 39.7 Å². The second-order valence-corrected chi connectivity index (χ2v) is 5.46. The fraction of sp³-hybridized carbons (Fsp3) is 0.471. The van der Waals surface area contributed by atoms with Crippen LogP contribution in [0.15, 0.2) is 12.1 Å². The number of aliphatic hydroxyl groups is 2. The van der Waals surface area contributed by atoms with Crippen LogP contribution in [0.1, 0.15) is 40.5 Å². The summed E-state index contributed by atoms with van der Waals surface area (Å²) in [6, 6.07) is 3.75. The lowest BCUT2D eigenvalue weighted by molar-refractivity contribution is 0.0698. The van der Waals surface area contributed by atoms with E-state index < -0.39 is 5.97 Å². The van der Waals surface area contributed by atoms with Crippen molar-refractivity contribution in [3.8, 4) is 0 Å². The Kier molecular flexibility index (Phi) is 5.21. The molecule has 0 aliphatic carbocycles. The van der Waals surface area contributed by atoms with Crippen LogP contribution in [-0.4, -0.2) is 39.1 Å². The molecule has 0 aliphatic heterocycles. The molecule has 5 heteroatoms. The van der Waals surface area contributed by atoms with Gasteiger partial charge in [-0.2, -0.15) is 0 Å². The molecule has 0 amide bonds. The molecule has 1 aromatic heterocycles. The van der Waals surface area contributed by atoms with Gasteiger partial charge in [-0.1, -0.05) is 6.92 Å². The predicted octanol–water partition coefficient (Wildman–Crippen LogP) is 2.13. The maximum atomic E-state index is 11.7. The maximum Gasteiger partial charge on any atom is 0.337 e. The number of aromatic carboxylic acids is 1. The van der Waals surface area contributed by atoms with E-state index in [9.17, 15) is 15.0 Å². The number of hydrogen-bond donors (Lipinski definition) is 3. The molecule has 0 unspecified atom stereocenters. The summed E-state index contributed by atoms with van der Waals surface area (Å²) in [7, 11) is 0. The summed E-state index contributed by atoms with van der Waals surface area (Å²) >= 11 is 0. The van der Waals surface area contributed by atoms with E-state index in [0.29, 0.717) is 24.9 Å². The van der Waals surface area contributed by atoms with Crippen molar-refractivity contribution in [3.63, 3.8) is 0 Å². The molecule has 0 saturated heterocycles. The van der Waals surface area contributed by atoms with Crippen LogP contribution in [0, 0.1) is 6.92 Å². The van der Waals surface area contributed by atoms with Crippen LogP contribution in [0.25, 0.3) is 10.9 Å². The molecule has 120 valence electrons. The second kappa shape index (κ2) is 6.94. The Bertz CT molecular complexity index is 688. The lowest BCUT2D eigenvalue weighted by Crippen LogP contribution is -2.08. The van der Waals surface area contributed by atoms with Crippen molar-refractivity contribution < 1.29 is 20.1 Å². The topological polar surface area (TPSA) is 82.7 Å². The number of carbonyl (C=O) groups is 1. The smallest absolute Gasteiger partial charge is 0.337 e. The third kappa shape index (κ3) is 2.87. The molecule has 5 nitrogen and oxygen atoms in total. The quantitative estimate of drug-likeness (QED) is 0.732. The van der Waals surface area contributed by atoms with Crippen LogP contribution in [0.3, 0.4) is 0 Å². The summed E-state index contributed by atoms with van der Waals surface area (Å²) in [6.07, 6.45) is 2.10. The molecular weight excluding hydrogens is 282 g/mol. The lowest BCUT2D eigenvalue weighted by atomic mass is 10.00. The highest BCUT2D eigenvalue weighted by Crippen LogP contribution is 2.31. The predicted molar refractivity (Wildman–Crippen MR) is 85.5 cm³/mol. The zero-order chi connectivity index (χ0) is 16.3. The third-order valence-corrected chi connectivity index (χ3v) is 4.15. The van der Waals surface area contributed by atoms with Crippen LogP contribution in [-0.2, 0) is 19.4 Å². The van der Waals surface area contributed by atoms with E-state index >= 15 is 0 Å². The first-order chi connectivity index (χ1) is 10.5. The van der Waals surface area contributed by atoms with Gasteiger partial charge in [0, 0.05) is 24.2 Å². The Morgan fingerprint density at radius 1 is 1.23 bits per heavy atom. The zero-order valence-corrected chi connectivity index (χ0v) is 13.1. The van der Waals surface area contributed by atoms with Crippen molar-refractivity contribution in [1.29, 1.82) is 0 Å². The lowest BCUT2D eigenvalue weighted by Gasteiger charge is -2.09. The van der Waals surface area contributed by atoms with Gasteiger partial charge in [0.25, 0.3) is 0 Å². The standard InChI is InChI=1S/C17H23NO4/c1-3-12-9-14-13(5-4-7-19)11(2)18(6-8-20)16(14)15(10-12)17(21)22/h9-10,19-20H,3-8H2,1-2H3,(H,21,22). The number of aryl methyl sites for hydroxylation is 2. The van der Waals surface area contributed by atoms with Gasteiger partial charge in [-0.25, -0.2) is 4.79 Å². The Balaban J connectivity index is 2.80. The summed E-state index contributed by atoms with van der Waals surface area (Å²) in [4.78, 5) is 11.7. The number of aliphatic hydroxyl groups excluding tert-OH is 2. The minimum atomic E-state index is -0.953. The van der Waals surface area contributed by atoms with Crippen molar-refractivity contribution in [2.75, 3.05) is 13.2 Å². The van der Waals surface area contributed by atoms with E-state index in [1.165, 1.54) is 0 Å². The van der Waals surface area contributed by atoms with Gasteiger partial charge in [-0.15, -0.1) is 0 Å². The maximum absolute atomic E-state index is 11.7. The van der Waals surface area contributed by atoms with Crippen LogP contribution in [0.4, 0.5) is 0 Å². The number of aromatic nitrogens is 1. The number of rotatable bonds is 7. The number of hydrogen-bond acceptors (Lipinski definition) is 3. The Morgan fingerprint density at radius 2 is 1.95 bits per heavy atom.